The van der Waals surface area contributed by atoms with E-state index in [-0.39, 0.29) is 17.6 Å². The second-order valence-electron chi connectivity index (χ2n) is 9.43. The molecule has 4 rings (SSSR count). The van der Waals surface area contributed by atoms with Crippen molar-refractivity contribution in [2.45, 2.75) is 68.6 Å². The number of nitrogens with one attached hydrogen (secondary N) is 1. The second kappa shape index (κ2) is 14.6. The van der Waals surface area contributed by atoms with Crippen molar-refractivity contribution in [2.24, 2.45) is 0 Å². The lowest BCUT2D eigenvalue weighted by Crippen LogP contribution is -2.48. The summed E-state index contributed by atoms with van der Waals surface area (Å²) in [4.78, 5) is 36.6. The molecule has 3 saturated heterocycles. The van der Waals surface area contributed by atoms with E-state index in [0.29, 0.717) is 18.2 Å². The first-order chi connectivity index (χ1) is 18.6. The Balaban J connectivity index is 0.000000333. The SMILES string of the molecule is O=C(NC[C@@H]1CCC[C@]2(CCN(C3CCOCC3)C2)O1)c1ccncc1.O=C(O)C(F)(F)F.O=C(O)C(F)(F)F. The maximum atomic E-state index is 12.2. The van der Waals surface area contributed by atoms with Gasteiger partial charge in [0.05, 0.1) is 11.7 Å². The average molecular weight is 588 g/mol. The highest BCUT2D eigenvalue weighted by Crippen LogP contribution is 2.38. The normalized spacial score (nSPS) is 23.8. The number of halogens is 6. The molecule has 40 heavy (non-hydrogen) atoms. The van der Waals surface area contributed by atoms with E-state index >= 15 is 0 Å². The van der Waals surface area contributed by atoms with Crippen LogP contribution in [-0.2, 0) is 19.1 Å². The van der Waals surface area contributed by atoms with Crippen molar-refractivity contribution in [2.75, 3.05) is 32.8 Å². The van der Waals surface area contributed by atoms with Crippen LogP contribution < -0.4 is 5.32 Å². The molecule has 0 bridgehead atoms. The van der Waals surface area contributed by atoms with Crippen molar-refractivity contribution in [1.29, 1.82) is 0 Å². The minimum atomic E-state index is -5.08. The van der Waals surface area contributed by atoms with E-state index in [1.54, 1.807) is 24.5 Å². The number of ether oxygens (including phenoxy) is 2. The number of pyridine rings is 1. The molecule has 0 aromatic carbocycles. The number of carboxylic acid groups (broad SMARTS) is 2. The predicted molar refractivity (Wildman–Crippen MR) is 125 cm³/mol. The summed E-state index contributed by atoms with van der Waals surface area (Å²) in [6.45, 7) is 4.52. The third kappa shape index (κ3) is 10.9. The molecular formula is C24H31F6N3O7. The molecule has 3 aliphatic rings. The van der Waals surface area contributed by atoms with Crippen molar-refractivity contribution in [1.82, 2.24) is 15.2 Å². The first-order valence-electron chi connectivity index (χ1n) is 12.4. The molecule has 16 heteroatoms. The van der Waals surface area contributed by atoms with Crippen molar-refractivity contribution < 1.29 is 60.4 Å². The molecule has 3 N–H and O–H groups in total. The van der Waals surface area contributed by atoms with Crippen LogP contribution in [0, 0.1) is 0 Å². The number of likely N-dealkylation sites (tertiary alicyclic amines) is 1. The summed E-state index contributed by atoms with van der Waals surface area (Å²) >= 11 is 0. The number of hydrogen-bond acceptors (Lipinski definition) is 7. The highest BCUT2D eigenvalue weighted by molar-refractivity contribution is 5.93. The zero-order valence-electron chi connectivity index (χ0n) is 21.3. The van der Waals surface area contributed by atoms with E-state index in [1.807, 2.05) is 0 Å². The van der Waals surface area contributed by atoms with E-state index in [1.165, 1.54) is 6.42 Å². The highest BCUT2D eigenvalue weighted by atomic mass is 19.4. The van der Waals surface area contributed by atoms with Crippen LogP contribution in [0.1, 0.15) is 48.9 Å². The van der Waals surface area contributed by atoms with Gasteiger partial charge in [-0.2, -0.15) is 26.3 Å². The van der Waals surface area contributed by atoms with Gasteiger partial charge in [-0.25, -0.2) is 9.59 Å². The number of hydrogen-bond donors (Lipinski definition) is 3. The number of nitrogens with zero attached hydrogens (tertiary/aromatic N) is 2. The van der Waals surface area contributed by atoms with Gasteiger partial charge < -0.3 is 25.0 Å². The van der Waals surface area contributed by atoms with Gasteiger partial charge in [0.25, 0.3) is 5.91 Å². The van der Waals surface area contributed by atoms with Gasteiger partial charge in [-0.3, -0.25) is 14.7 Å². The quantitative estimate of drug-likeness (QED) is 0.453. The Morgan fingerprint density at radius 2 is 1.52 bits per heavy atom. The van der Waals surface area contributed by atoms with E-state index in [4.69, 9.17) is 29.3 Å². The zero-order chi connectivity index (χ0) is 30.0. The summed E-state index contributed by atoms with van der Waals surface area (Å²) in [6, 6.07) is 4.13. The van der Waals surface area contributed by atoms with Gasteiger partial charge >= 0.3 is 24.3 Å². The van der Waals surface area contributed by atoms with E-state index in [2.05, 4.69) is 15.2 Å². The van der Waals surface area contributed by atoms with Gasteiger partial charge in [0.1, 0.15) is 0 Å². The van der Waals surface area contributed by atoms with Gasteiger partial charge in [0.2, 0.25) is 0 Å². The molecule has 226 valence electrons. The maximum Gasteiger partial charge on any atom is 0.490 e. The molecule has 1 aromatic rings. The van der Waals surface area contributed by atoms with Gasteiger partial charge in [0, 0.05) is 56.8 Å². The average Bonchev–Trinajstić information content (AvgIpc) is 3.31. The van der Waals surface area contributed by atoms with Crippen molar-refractivity contribution in [3.05, 3.63) is 30.1 Å². The molecule has 1 spiro atoms. The Morgan fingerprint density at radius 1 is 0.975 bits per heavy atom. The number of carbonyl (C=O) groups is 3. The minimum absolute atomic E-state index is 0.0113. The molecule has 0 saturated carbocycles. The van der Waals surface area contributed by atoms with Crippen molar-refractivity contribution >= 4 is 17.8 Å². The van der Waals surface area contributed by atoms with E-state index < -0.39 is 24.3 Å². The number of amides is 1. The summed E-state index contributed by atoms with van der Waals surface area (Å²) in [7, 11) is 0. The molecule has 1 aromatic heterocycles. The fraction of sp³-hybridized carbons (Fsp3) is 0.667. The number of carboxylic acids is 2. The lowest BCUT2D eigenvalue weighted by atomic mass is 9.90. The van der Waals surface area contributed by atoms with Crippen LogP contribution in [0.3, 0.4) is 0 Å². The molecule has 0 aliphatic carbocycles. The minimum Gasteiger partial charge on any atom is -0.475 e. The Morgan fingerprint density at radius 3 is 2.05 bits per heavy atom. The monoisotopic (exact) mass is 587 g/mol. The molecule has 1 amide bonds. The third-order valence-corrected chi connectivity index (χ3v) is 6.55. The predicted octanol–water partition coefficient (Wildman–Crippen LogP) is 3.27. The van der Waals surface area contributed by atoms with Crippen LogP contribution in [0.4, 0.5) is 26.3 Å². The fourth-order valence-corrected chi connectivity index (χ4v) is 4.62. The molecule has 0 unspecified atom stereocenters. The first kappa shape index (κ1) is 33.2. The largest absolute Gasteiger partial charge is 0.490 e. The molecule has 2 atom stereocenters. The summed E-state index contributed by atoms with van der Waals surface area (Å²) in [5, 5.41) is 17.3. The number of alkyl halides is 6. The molecular weight excluding hydrogens is 556 g/mol. The van der Waals surface area contributed by atoms with E-state index in [0.717, 1.165) is 58.4 Å². The molecule has 3 aliphatic heterocycles. The van der Waals surface area contributed by atoms with Gasteiger partial charge in [-0.15, -0.1) is 0 Å². The molecule has 10 nitrogen and oxygen atoms in total. The van der Waals surface area contributed by atoms with Crippen molar-refractivity contribution in [3.63, 3.8) is 0 Å². The maximum absolute atomic E-state index is 12.2. The second-order valence-corrected chi connectivity index (χ2v) is 9.43. The smallest absolute Gasteiger partial charge is 0.475 e. The summed E-state index contributed by atoms with van der Waals surface area (Å²) in [5.74, 6) is -5.56. The topological polar surface area (TPSA) is 138 Å². The van der Waals surface area contributed by atoms with Crippen LogP contribution >= 0.6 is 0 Å². The molecule has 0 radical (unpaired) electrons. The highest BCUT2D eigenvalue weighted by Gasteiger charge is 2.44. The summed E-state index contributed by atoms with van der Waals surface area (Å²) < 4.78 is 75.5. The molecule has 4 heterocycles. The van der Waals surface area contributed by atoms with Crippen molar-refractivity contribution in [3.8, 4) is 0 Å². The van der Waals surface area contributed by atoms with Crippen LogP contribution in [0.15, 0.2) is 24.5 Å². The fourth-order valence-electron chi connectivity index (χ4n) is 4.62. The Bertz CT molecular complexity index is 950. The standard InChI is InChI=1S/C20H29N3O3.2C2HF3O2/c24-19(16-3-9-21-10-4-16)22-14-18-2-1-7-20(26-18)8-11-23(15-20)17-5-12-25-13-6-17;2*3-2(4,5)1(6)7/h3-4,9-10,17-18H,1-2,5-8,11-15H2,(H,22,24);2*(H,6,7)/t18-,20+;;/m0../s1. The Labute approximate surface area is 225 Å². The summed E-state index contributed by atoms with van der Waals surface area (Å²) in [6.07, 6.45) is -0.0322. The van der Waals surface area contributed by atoms with Crippen LogP contribution in [0.2, 0.25) is 0 Å². The number of rotatable bonds is 4. The lowest BCUT2D eigenvalue weighted by Gasteiger charge is -2.40. The molecule has 3 fully saturated rings. The Kier molecular flexibility index (Phi) is 12.1. The van der Waals surface area contributed by atoms with Crippen LogP contribution in [0.25, 0.3) is 0 Å². The van der Waals surface area contributed by atoms with Gasteiger partial charge in [-0.1, -0.05) is 0 Å². The van der Waals surface area contributed by atoms with Crippen LogP contribution in [0.5, 0.6) is 0 Å². The zero-order valence-corrected chi connectivity index (χ0v) is 21.3. The number of aliphatic carboxylic acids is 2. The summed E-state index contributed by atoms with van der Waals surface area (Å²) in [5.41, 5.74) is 0.639. The number of carbonyl (C=O) groups excluding carboxylic acids is 1. The van der Waals surface area contributed by atoms with Gasteiger partial charge in [-0.05, 0) is 50.7 Å². The van der Waals surface area contributed by atoms with Gasteiger partial charge in [0.15, 0.2) is 0 Å². The Hall–Kier alpha value is -2.98. The lowest BCUT2D eigenvalue weighted by molar-refractivity contribution is -0.193. The van der Waals surface area contributed by atoms with E-state index in [9.17, 15) is 31.1 Å². The third-order valence-electron chi connectivity index (χ3n) is 6.55. The van der Waals surface area contributed by atoms with Crippen LogP contribution in [-0.4, -0.2) is 101 Å². The number of aromatic nitrogens is 1. The first-order valence-corrected chi connectivity index (χ1v) is 12.4.